The van der Waals surface area contributed by atoms with Crippen molar-refractivity contribution in [3.8, 4) is 0 Å². The molecule has 0 unspecified atom stereocenters. The quantitative estimate of drug-likeness (QED) is 0.404. The van der Waals surface area contributed by atoms with Crippen LogP contribution in [0.3, 0.4) is 0 Å². The van der Waals surface area contributed by atoms with Crippen LogP contribution in [0.5, 0.6) is 0 Å². The smallest absolute Gasteiger partial charge is 0.312 e. The molecule has 5 rings (SSSR count). The Labute approximate surface area is 205 Å². The van der Waals surface area contributed by atoms with Gasteiger partial charge in [0.1, 0.15) is 5.41 Å². The lowest BCUT2D eigenvalue weighted by molar-refractivity contribution is -0.221. The summed E-state index contributed by atoms with van der Waals surface area (Å²) in [6.07, 6.45) is 7.61. The number of aliphatic hydroxyl groups excluding tert-OH is 2. The Bertz CT molecular complexity index is 921. The van der Waals surface area contributed by atoms with E-state index in [-0.39, 0.29) is 33.7 Å². The van der Waals surface area contributed by atoms with Crippen molar-refractivity contribution >= 4 is 5.97 Å². The van der Waals surface area contributed by atoms with Crippen LogP contribution in [0.4, 0.5) is 0 Å². The Morgan fingerprint density at radius 2 is 1.56 bits per heavy atom. The zero-order valence-corrected chi connectivity index (χ0v) is 22.0. The lowest BCUT2D eigenvalue weighted by Crippen LogP contribution is -2.67. The number of rotatable bonds is 1. The summed E-state index contributed by atoms with van der Waals surface area (Å²) in [5.74, 6) is -0.375. The van der Waals surface area contributed by atoms with Crippen LogP contribution in [0, 0.1) is 44.8 Å². The highest BCUT2D eigenvalue weighted by Crippen LogP contribution is 2.75. The SMILES string of the molecule is CC1(C)[C@@H](O)CC[C@]2(C)[C@H]3CC=C4[C@@H]5C[C@@](C)(O)CC[C@]5(C(=O)O)[C@@H](O)C[C@@]4(C)[C@]3(C)CC[C@@H]12. The number of fused-ring (bicyclic) bond motifs is 7. The Kier molecular flexibility index (Phi) is 5.17. The highest BCUT2D eigenvalue weighted by atomic mass is 16.4. The van der Waals surface area contributed by atoms with Crippen LogP contribution in [0.1, 0.15) is 99.3 Å². The number of carbonyl (C=O) groups is 1. The van der Waals surface area contributed by atoms with Gasteiger partial charge in [0.05, 0.1) is 17.8 Å². The minimum absolute atomic E-state index is 0.0599. The summed E-state index contributed by atoms with van der Waals surface area (Å²) < 4.78 is 0. The molecule has 5 aliphatic carbocycles. The summed E-state index contributed by atoms with van der Waals surface area (Å²) in [6.45, 7) is 13.4. The van der Waals surface area contributed by atoms with Gasteiger partial charge in [0.2, 0.25) is 0 Å². The molecule has 5 heteroatoms. The van der Waals surface area contributed by atoms with Gasteiger partial charge < -0.3 is 20.4 Å². The predicted octanol–water partition coefficient (Wildman–Crippen LogP) is 4.93. The van der Waals surface area contributed by atoms with Gasteiger partial charge in [0, 0.05) is 5.92 Å². The number of aliphatic hydroxyl groups is 3. The highest BCUT2D eigenvalue weighted by molar-refractivity contribution is 5.77. The average Bonchev–Trinajstić information content (AvgIpc) is 2.71. The maximum atomic E-state index is 12.7. The van der Waals surface area contributed by atoms with Crippen molar-refractivity contribution in [1.82, 2.24) is 0 Å². The molecule has 0 spiro atoms. The van der Waals surface area contributed by atoms with Crippen LogP contribution >= 0.6 is 0 Å². The molecule has 4 N–H and O–H groups in total. The van der Waals surface area contributed by atoms with E-state index < -0.39 is 23.1 Å². The molecule has 0 aromatic carbocycles. The van der Waals surface area contributed by atoms with Gasteiger partial charge in [0.25, 0.3) is 0 Å². The zero-order valence-electron chi connectivity index (χ0n) is 22.0. The lowest BCUT2D eigenvalue weighted by Gasteiger charge is -2.71. The molecular formula is C29H46O5. The maximum Gasteiger partial charge on any atom is 0.312 e. The second-order valence-corrected chi connectivity index (χ2v) is 14.5. The van der Waals surface area contributed by atoms with Gasteiger partial charge in [-0.2, -0.15) is 0 Å². The molecule has 10 atom stereocenters. The van der Waals surface area contributed by atoms with E-state index in [1.807, 2.05) is 6.92 Å². The molecule has 0 amide bonds. The first-order valence-electron chi connectivity index (χ1n) is 13.6. The number of carboxylic acids is 1. The summed E-state index contributed by atoms with van der Waals surface area (Å²) in [5.41, 5.74) is -1.30. The minimum atomic E-state index is -1.20. The standard InChI is InChI=1S/C29H46O5/c1-24(2)19-9-12-27(5)20(26(19,4)11-10-21(24)30)8-7-17-18-15-25(3,34)13-14-29(18,23(32)33)22(31)16-28(17,27)6/h7,18-22,30-31,34H,8-16H2,1-6H3,(H,32,33)/t18-,19-,20+,21-,22-,25-,26-,27+,28+,29+/m0/s1. The van der Waals surface area contributed by atoms with E-state index in [1.54, 1.807) is 0 Å². The Morgan fingerprint density at radius 3 is 2.21 bits per heavy atom. The number of carboxylic acid groups (broad SMARTS) is 1. The molecule has 0 aliphatic heterocycles. The topological polar surface area (TPSA) is 98.0 Å². The second kappa shape index (κ2) is 7.10. The van der Waals surface area contributed by atoms with Crippen molar-refractivity contribution in [3.05, 3.63) is 11.6 Å². The zero-order chi connectivity index (χ0) is 25.1. The molecule has 0 radical (unpaired) electrons. The van der Waals surface area contributed by atoms with E-state index in [0.717, 1.165) is 32.1 Å². The fourth-order valence-electron chi connectivity index (χ4n) is 10.5. The van der Waals surface area contributed by atoms with E-state index in [1.165, 1.54) is 5.57 Å². The van der Waals surface area contributed by atoms with Gasteiger partial charge in [-0.15, -0.1) is 0 Å². The first kappa shape index (κ1) is 24.8. The first-order valence-corrected chi connectivity index (χ1v) is 13.6. The number of aliphatic carboxylic acids is 1. The Hall–Kier alpha value is -0.910. The molecule has 4 fully saturated rings. The van der Waals surface area contributed by atoms with Gasteiger partial charge in [-0.1, -0.05) is 46.3 Å². The molecule has 5 nitrogen and oxygen atoms in total. The third-order valence-electron chi connectivity index (χ3n) is 12.8. The van der Waals surface area contributed by atoms with Gasteiger partial charge in [-0.3, -0.25) is 4.79 Å². The molecular weight excluding hydrogens is 428 g/mol. The van der Waals surface area contributed by atoms with E-state index >= 15 is 0 Å². The predicted molar refractivity (Wildman–Crippen MR) is 131 cm³/mol. The molecule has 0 aromatic rings. The van der Waals surface area contributed by atoms with E-state index in [2.05, 4.69) is 40.7 Å². The van der Waals surface area contributed by atoms with Crippen LogP contribution in [-0.4, -0.2) is 44.2 Å². The molecule has 0 aromatic heterocycles. The molecule has 192 valence electrons. The van der Waals surface area contributed by atoms with Crippen molar-refractivity contribution in [2.75, 3.05) is 0 Å². The molecule has 0 bridgehead atoms. The van der Waals surface area contributed by atoms with Crippen molar-refractivity contribution in [2.45, 2.75) is 117 Å². The van der Waals surface area contributed by atoms with E-state index in [4.69, 9.17) is 0 Å². The van der Waals surface area contributed by atoms with Crippen molar-refractivity contribution in [3.63, 3.8) is 0 Å². The van der Waals surface area contributed by atoms with Crippen LogP contribution < -0.4 is 0 Å². The fourth-order valence-corrected chi connectivity index (χ4v) is 10.5. The number of hydrogen-bond acceptors (Lipinski definition) is 4. The monoisotopic (exact) mass is 474 g/mol. The number of hydrogen-bond donors (Lipinski definition) is 4. The fraction of sp³-hybridized carbons (Fsp3) is 0.897. The minimum Gasteiger partial charge on any atom is -0.481 e. The van der Waals surface area contributed by atoms with Gasteiger partial charge in [-0.05, 0) is 98.2 Å². The molecule has 34 heavy (non-hydrogen) atoms. The van der Waals surface area contributed by atoms with Crippen molar-refractivity contribution < 1.29 is 25.2 Å². The first-order chi connectivity index (χ1) is 15.6. The van der Waals surface area contributed by atoms with Crippen molar-refractivity contribution in [1.29, 1.82) is 0 Å². The normalized spacial score (nSPS) is 56.3. The third kappa shape index (κ3) is 2.81. The maximum absolute atomic E-state index is 12.7. The van der Waals surface area contributed by atoms with Crippen LogP contribution in [0.2, 0.25) is 0 Å². The van der Waals surface area contributed by atoms with Crippen LogP contribution in [0.25, 0.3) is 0 Å². The summed E-state index contributed by atoms with van der Waals surface area (Å²) >= 11 is 0. The van der Waals surface area contributed by atoms with E-state index in [0.29, 0.717) is 37.5 Å². The van der Waals surface area contributed by atoms with Gasteiger partial charge in [-0.25, -0.2) is 0 Å². The Balaban J connectivity index is 1.63. The summed E-state index contributed by atoms with van der Waals surface area (Å²) in [6, 6.07) is 0. The van der Waals surface area contributed by atoms with E-state index in [9.17, 15) is 25.2 Å². The van der Waals surface area contributed by atoms with Crippen LogP contribution in [-0.2, 0) is 4.79 Å². The average molecular weight is 475 g/mol. The third-order valence-corrected chi connectivity index (χ3v) is 12.8. The highest BCUT2D eigenvalue weighted by Gasteiger charge is 2.71. The molecule has 5 aliphatic rings. The largest absolute Gasteiger partial charge is 0.481 e. The molecule has 0 saturated heterocycles. The summed E-state index contributed by atoms with van der Waals surface area (Å²) in [7, 11) is 0. The summed E-state index contributed by atoms with van der Waals surface area (Å²) in [4.78, 5) is 12.7. The van der Waals surface area contributed by atoms with Crippen molar-refractivity contribution in [2.24, 2.45) is 44.8 Å². The number of allylic oxidation sites excluding steroid dienone is 2. The second-order valence-electron chi connectivity index (χ2n) is 14.5. The van der Waals surface area contributed by atoms with Crippen LogP contribution in [0.15, 0.2) is 11.6 Å². The molecule has 0 heterocycles. The van der Waals surface area contributed by atoms with Gasteiger partial charge >= 0.3 is 5.97 Å². The molecule has 4 saturated carbocycles. The lowest BCUT2D eigenvalue weighted by atomic mass is 9.33. The summed E-state index contributed by atoms with van der Waals surface area (Å²) in [5, 5.41) is 43.9. The Morgan fingerprint density at radius 1 is 0.882 bits per heavy atom. The van der Waals surface area contributed by atoms with Gasteiger partial charge in [0.15, 0.2) is 0 Å².